The molecule has 0 aliphatic heterocycles. The molecule has 144 valence electrons. The molecule has 1 fully saturated rings. The summed E-state index contributed by atoms with van der Waals surface area (Å²) >= 11 is 1.48. The van der Waals surface area contributed by atoms with Crippen LogP contribution in [0.3, 0.4) is 0 Å². The van der Waals surface area contributed by atoms with Gasteiger partial charge in [0, 0.05) is 45.0 Å². The molecule has 1 aliphatic carbocycles. The van der Waals surface area contributed by atoms with Crippen LogP contribution < -0.4 is 10.2 Å². The Labute approximate surface area is 165 Å². The lowest BCUT2D eigenvalue weighted by molar-refractivity contribution is -0.115. The predicted molar refractivity (Wildman–Crippen MR) is 111 cm³/mol. The summed E-state index contributed by atoms with van der Waals surface area (Å²) < 4.78 is 0. The van der Waals surface area contributed by atoms with Crippen molar-refractivity contribution in [2.75, 3.05) is 30.9 Å². The quantitative estimate of drug-likeness (QED) is 0.740. The van der Waals surface area contributed by atoms with E-state index in [1.807, 2.05) is 66.5 Å². The molecule has 1 saturated carbocycles. The molecule has 0 saturated heterocycles. The minimum Gasteiger partial charge on any atom is -0.377 e. The molecule has 1 aliphatic rings. The molecule has 1 N–H and O–H groups in total. The average Bonchev–Trinajstić information content (AvgIpc) is 3.29. The van der Waals surface area contributed by atoms with E-state index in [0.29, 0.717) is 18.9 Å². The number of carbonyl (C=O) groups excluding carboxylic acids is 2. The third kappa shape index (κ3) is 5.10. The fourth-order valence-corrected chi connectivity index (χ4v) is 3.76. The third-order valence-corrected chi connectivity index (χ3v) is 5.58. The van der Waals surface area contributed by atoms with Gasteiger partial charge in [0.1, 0.15) is 0 Å². The van der Waals surface area contributed by atoms with Gasteiger partial charge in [-0.1, -0.05) is 13.0 Å². The highest BCUT2D eigenvalue weighted by Crippen LogP contribution is 2.32. The molecular formula is C21H27N3O2S. The van der Waals surface area contributed by atoms with E-state index in [1.165, 1.54) is 24.2 Å². The van der Waals surface area contributed by atoms with Crippen LogP contribution in [-0.4, -0.2) is 37.4 Å². The highest BCUT2D eigenvalue weighted by atomic mass is 32.1. The van der Waals surface area contributed by atoms with E-state index in [0.717, 1.165) is 28.4 Å². The maximum absolute atomic E-state index is 13.0. The summed E-state index contributed by atoms with van der Waals surface area (Å²) in [4.78, 5) is 29.6. The number of rotatable bonds is 8. The monoisotopic (exact) mass is 385 g/mol. The molecule has 2 aromatic rings. The first-order chi connectivity index (χ1) is 13.0. The molecule has 0 atom stereocenters. The average molecular weight is 386 g/mol. The molecule has 6 heteroatoms. The number of thiophene rings is 1. The smallest absolute Gasteiger partial charge is 0.264 e. The van der Waals surface area contributed by atoms with Crippen molar-refractivity contribution >= 4 is 34.5 Å². The molecule has 0 bridgehead atoms. The number of amides is 2. The van der Waals surface area contributed by atoms with Crippen LogP contribution in [0.2, 0.25) is 0 Å². The van der Waals surface area contributed by atoms with Gasteiger partial charge in [0.2, 0.25) is 5.91 Å². The molecule has 27 heavy (non-hydrogen) atoms. The zero-order chi connectivity index (χ0) is 19.4. The van der Waals surface area contributed by atoms with Gasteiger partial charge in [0.25, 0.3) is 5.91 Å². The van der Waals surface area contributed by atoms with Gasteiger partial charge < -0.3 is 15.1 Å². The Bertz CT molecular complexity index is 798. The lowest BCUT2D eigenvalue weighted by Crippen LogP contribution is -2.32. The van der Waals surface area contributed by atoms with Gasteiger partial charge in [-0.25, -0.2) is 0 Å². The zero-order valence-corrected chi connectivity index (χ0v) is 17.0. The van der Waals surface area contributed by atoms with Crippen LogP contribution in [-0.2, 0) is 11.3 Å². The first kappa shape index (κ1) is 19.4. The number of benzene rings is 1. The van der Waals surface area contributed by atoms with Gasteiger partial charge in [-0.3, -0.25) is 9.59 Å². The van der Waals surface area contributed by atoms with Crippen LogP contribution in [0.1, 0.15) is 41.4 Å². The molecule has 3 rings (SSSR count). The molecule has 0 spiro atoms. The van der Waals surface area contributed by atoms with Crippen molar-refractivity contribution in [3.8, 4) is 0 Å². The second-order valence-electron chi connectivity index (χ2n) is 7.25. The fraction of sp³-hybridized carbons (Fsp3) is 0.429. The normalized spacial score (nSPS) is 13.3. The number of anilines is 2. The number of carbonyl (C=O) groups is 2. The first-order valence-electron chi connectivity index (χ1n) is 9.40. The van der Waals surface area contributed by atoms with Crippen molar-refractivity contribution in [3.05, 3.63) is 46.2 Å². The Morgan fingerprint density at radius 2 is 2.00 bits per heavy atom. The van der Waals surface area contributed by atoms with Crippen LogP contribution in [0, 0.1) is 5.92 Å². The van der Waals surface area contributed by atoms with E-state index >= 15 is 0 Å². The number of nitrogens with one attached hydrogen (secondary N) is 1. The van der Waals surface area contributed by atoms with Crippen LogP contribution >= 0.6 is 11.3 Å². The molecular weight excluding hydrogens is 358 g/mol. The fourth-order valence-electron chi connectivity index (χ4n) is 3.07. The summed E-state index contributed by atoms with van der Waals surface area (Å²) in [7, 11) is 3.99. The highest BCUT2D eigenvalue weighted by Gasteiger charge is 2.28. The molecule has 1 heterocycles. The van der Waals surface area contributed by atoms with Crippen molar-refractivity contribution in [2.45, 2.75) is 32.7 Å². The lowest BCUT2D eigenvalue weighted by Gasteiger charge is -2.26. The largest absolute Gasteiger partial charge is 0.377 e. The van der Waals surface area contributed by atoms with Gasteiger partial charge >= 0.3 is 0 Å². The van der Waals surface area contributed by atoms with Gasteiger partial charge in [0.05, 0.1) is 4.88 Å². The summed E-state index contributed by atoms with van der Waals surface area (Å²) in [5.74, 6) is 0.687. The lowest BCUT2D eigenvalue weighted by atomic mass is 10.1. The van der Waals surface area contributed by atoms with E-state index in [-0.39, 0.29) is 11.8 Å². The molecule has 0 radical (unpaired) electrons. The predicted octanol–water partition coefficient (Wildman–Crippen LogP) is 4.22. The van der Waals surface area contributed by atoms with Crippen molar-refractivity contribution < 1.29 is 9.59 Å². The Morgan fingerprint density at radius 3 is 2.59 bits per heavy atom. The maximum Gasteiger partial charge on any atom is 0.264 e. The Hall–Kier alpha value is -2.34. The van der Waals surface area contributed by atoms with E-state index in [1.54, 1.807) is 0 Å². The summed E-state index contributed by atoms with van der Waals surface area (Å²) in [6.07, 6.45) is 2.83. The van der Waals surface area contributed by atoms with Crippen LogP contribution in [0.25, 0.3) is 0 Å². The van der Waals surface area contributed by atoms with Gasteiger partial charge in [0.15, 0.2) is 0 Å². The first-order valence-corrected chi connectivity index (χ1v) is 10.3. The van der Waals surface area contributed by atoms with Gasteiger partial charge in [-0.2, -0.15) is 0 Å². The molecule has 1 aromatic carbocycles. The van der Waals surface area contributed by atoms with Crippen LogP contribution in [0.5, 0.6) is 0 Å². The van der Waals surface area contributed by atoms with E-state index in [9.17, 15) is 9.59 Å². The minimum absolute atomic E-state index is 0.0111. The molecule has 0 unspecified atom stereocenters. The Kier molecular flexibility index (Phi) is 6.16. The summed E-state index contributed by atoms with van der Waals surface area (Å²) in [6, 6.07) is 9.71. The van der Waals surface area contributed by atoms with E-state index in [4.69, 9.17) is 0 Å². The van der Waals surface area contributed by atoms with E-state index in [2.05, 4.69) is 5.32 Å². The van der Waals surface area contributed by atoms with Crippen molar-refractivity contribution in [1.82, 2.24) is 4.90 Å². The third-order valence-electron chi connectivity index (χ3n) is 4.72. The topological polar surface area (TPSA) is 52.7 Å². The second kappa shape index (κ2) is 8.57. The van der Waals surface area contributed by atoms with Gasteiger partial charge in [-0.05, 0) is 54.0 Å². The van der Waals surface area contributed by atoms with Crippen molar-refractivity contribution in [1.29, 1.82) is 0 Å². The summed E-state index contributed by atoms with van der Waals surface area (Å²) in [5, 5.41) is 4.86. The Balaban J connectivity index is 1.87. The Morgan fingerprint density at radius 1 is 1.22 bits per heavy atom. The number of hydrogen-bond acceptors (Lipinski definition) is 4. The molecule has 5 nitrogen and oxygen atoms in total. The van der Waals surface area contributed by atoms with Gasteiger partial charge in [-0.15, -0.1) is 11.3 Å². The molecule has 1 aromatic heterocycles. The summed E-state index contributed by atoms with van der Waals surface area (Å²) in [5.41, 5.74) is 2.88. The van der Waals surface area contributed by atoms with Crippen molar-refractivity contribution in [3.63, 3.8) is 0 Å². The van der Waals surface area contributed by atoms with Crippen LogP contribution in [0.4, 0.5) is 11.4 Å². The summed E-state index contributed by atoms with van der Waals surface area (Å²) in [6.45, 7) is 3.16. The number of nitrogens with zero attached hydrogens (tertiary/aromatic N) is 2. The highest BCUT2D eigenvalue weighted by molar-refractivity contribution is 7.12. The second-order valence-corrected chi connectivity index (χ2v) is 8.19. The van der Waals surface area contributed by atoms with E-state index < -0.39 is 0 Å². The van der Waals surface area contributed by atoms with Crippen molar-refractivity contribution in [2.24, 2.45) is 5.92 Å². The molecule has 2 amide bonds. The maximum atomic E-state index is 13.0. The zero-order valence-electron chi connectivity index (χ0n) is 16.2. The van der Waals surface area contributed by atoms with Crippen LogP contribution in [0.15, 0.2) is 35.7 Å². The number of hydrogen-bond donors (Lipinski definition) is 1. The minimum atomic E-state index is -0.0111. The standard InChI is InChI=1S/C21H27N3O2S/c1-4-20(25)22-17-9-10-18(23(2)3)16(12-17)14-24(13-15-7-8-15)21(26)19-6-5-11-27-19/h5-6,9-12,15H,4,7-8,13-14H2,1-3H3,(H,22,25). The SMILES string of the molecule is CCC(=O)Nc1ccc(N(C)C)c(CN(CC2CC2)C(=O)c2cccs2)c1.